The van der Waals surface area contributed by atoms with Crippen LogP contribution in [0.25, 0.3) is 0 Å². The third kappa shape index (κ3) is 4.49. The van der Waals surface area contributed by atoms with Crippen LogP contribution < -0.4 is 0 Å². The maximum Gasteiger partial charge on any atom is 0.0595 e. The molecular formula is C9H11Cl2PS3. The minimum absolute atomic E-state index is 0.274. The van der Waals surface area contributed by atoms with Crippen LogP contribution in [0.3, 0.4) is 0 Å². The van der Waals surface area contributed by atoms with E-state index in [9.17, 15) is 0 Å². The summed E-state index contributed by atoms with van der Waals surface area (Å²) < 4.78 is -1.80. The van der Waals surface area contributed by atoms with Crippen molar-refractivity contribution in [2.24, 2.45) is 0 Å². The molecule has 0 aromatic heterocycles. The Kier molecular flexibility index (Phi) is 5.36. The van der Waals surface area contributed by atoms with Gasteiger partial charge in [-0.15, -0.1) is 24.5 Å². The summed E-state index contributed by atoms with van der Waals surface area (Å²) in [6.45, 7) is 2.06. The zero-order chi connectivity index (χ0) is 11.6. The van der Waals surface area contributed by atoms with Crippen molar-refractivity contribution in [3.63, 3.8) is 0 Å². The van der Waals surface area contributed by atoms with Crippen LogP contribution in [0.15, 0.2) is 18.2 Å². The van der Waals surface area contributed by atoms with Crippen molar-refractivity contribution in [1.29, 1.82) is 0 Å². The molecule has 0 radical (unpaired) electrons. The Labute approximate surface area is 116 Å². The second-order valence-electron chi connectivity index (χ2n) is 3.39. The Morgan fingerprint density at radius 3 is 2.40 bits per heavy atom. The number of halogens is 2. The molecule has 6 heteroatoms. The summed E-state index contributed by atoms with van der Waals surface area (Å²) in [6.07, 6.45) is 0.834. The van der Waals surface area contributed by atoms with Gasteiger partial charge in [-0.1, -0.05) is 48.0 Å². The first-order chi connectivity index (χ1) is 6.80. The average Bonchev–Trinajstić information content (AvgIpc) is 2.10. The van der Waals surface area contributed by atoms with Crippen LogP contribution >= 0.6 is 52.1 Å². The van der Waals surface area contributed by atoms with Crippen molar-refractivity contribution in [2.75, 3.05) is 0 Å². The van der Waals surface area contributed by atoms with Crippen molar-refractivity contribution in [3.05, 3.63) is 33.8 Å². The van der Waals surface area contributed by atoms with Gasteiger partial charge in [0.15, 0.2) is 0 Å². The molecule has 0 heterocycles. The smallest absolute Gasteiger partial charge is 0.0595 e. The van der Waals surface area contributed by atoms with E-state index in [0.29, 0.717) is 10.0 Å². The summed E-state index contributed by atoms with van der Waals surface area (Å²) >= 11 is 25.7. The molecule has 0 saturated carbocycles. The van der Waals surface area contributed by atoms with Gasteiger partial charge in [-0.25, -0.2) is 0 Å². The highest BCUT2D eigenvalue weighted by Gasteiger charge is 2.16. The molecule has 84 valence electrons. The normalized spacial score (nSPS) is 13.9. The zero-order valence-electron chi connectivity index (χ0n) is 8.02. The van der Waals surface area contributed by atoms with Crippen LogP contribution in [0.1, 0.15) is 12.5 Å². The minimum atomic E-state index is -1.80. The number of hydrogen-bond donors (Lipinski definition) is 2. The molecule has 0 spiro atoms. The van der Waals surface area contributed by atoms with E-state index in [2.05, 4.69) is 31.4 Å². The number of rotatable bonds is 3. The third-order valence-electron chi connectivity index (χ3n) is 2.09. The fraction of sp³-hybridized carbons (Fsp3) is 0.333. The van der Waals surface area contributed by atoms with Gasteiger partial charge in [0.05, 0.1) is 14.5 Å². The Morgan fingerprint density at radius 1 is 1.33 bits per heavy atom. The summed E-state index contributed by atoms with van der Waals surface area (Å²) in [6, 6.07) is 5.62. The molecule has 0 bridgehead atoms. The summed E-state index contributed by atoms with van der Waals surface area (Å²) in [5.74, 6) is 0. The molecule has 0 amide bonds. The maximum atomic E-state index is 5.92. The Hall–Kier alpha value is 1.15. The highest BCUT2D eigenvalue weighted by atomic mass is 35.5. The topological polar surface area (TPSA) is 0 Å². The van der Waals surface area contributed by atoms with Gasteiger partial charge in [0, 0.05) is 5.66 Å². The first-order valence-corrected chi connectivity index (χ1v) is 10.2. The highest BCUT2D eigenvalue weighted by Crippen LogP contribution is 2.60. The molecule has 0 unspecified atom stereocenters. The van der Waals surface area contributed by atoms with Gasteiger partial charge >= 0.3 is 0 Å². The molecule has 1 atom stereocenters. The Bertz CT molecular complexity index is 402. The number of hydrogen-bond acceptors (Lipinski definition) is 1. The van der Waals surface area contributed by atoms with Crippen molar-refractivity contribution in [3.8, 4) is 0 Å². The molecule has 0 saturated heterocycles. The van der Waals surface area contributed by atoms with Gasteiger partial charge in [0.25, 0.3) is 0 Å². The van der Waals surface area contributed by atoms with E-state index in [1.54, 1.807) is 6.07 Å². The lowest BCUT2D eigenvalue weighted by atomic mass is 10.1. The largest absolute Gasteiger partial charge is 0.131 e. The first-order valence-electron chi connectivity index (χ1n) is 4.30. The van der Waals surface area contributed by atoms with E-state index in [1.165, 1.54) is 0 Å². The summed E-state index contributed by atoms with van der Waals surface area (Å²) in [5.41, 5.74) is 1.39. The van der Waals surface area contributed by atoms with Gasteiger partial charge in [-0.2, -0.15) is 0 Å². The molecule has 1 aromatic rings. The molecule has 0 fully saturated rings. The fourth-order valence-electron chi connectivity index (χ4n) is 1.13. The monoisotopic (exact) mass is 316 g/mol. The molecule has 0 aliphatic carbocycles. The van der Waals surface area contributed by atoms with Crippen LogP contribution in [0.5, 0.6) is 0 Å². The lowest BCUT2D eigenvalue weighted by Crippen LogP contribution is -2.02. The molecular weight excluding hydrogens is 306 g/mol. The van der Waals surface area contributed by atoms with E-state index in [1.807, 2.05) is 12.1 Å². The van der Waals surface area contributed by atoms with E-state index < -0.39 is 4.44 Å². The lowest BCUT2D eigenvalue weighted by Gasteiger charge is -2.18. The lowest BCUT2D eigenvalue weighted by molar-refractivity contribution is 0.941. The second kappa shape index (κ2) is 5.66. The predicted molar refractivity (Wildman–Crippen MR) is 81.9 cm³/mol. The van der Waals surface area contributed by atoms with E-state index in [-0.39, 0.29) is 5.66 Å². The average molecular weight is 317 g/mol. The van der Waals surface area contributed by atoms with Gasteiger partial charge in [-0.05, 0) is 24.1 Å². The molecule has 0 nitrogen and oxygen atoms in total. The maximum absolute atomic E-state index is 5.92. The van der Waals surface area contributed by atoms with E-state index in [4.69, 9.17) is 35.0 Å². The standard InChI is InChI=1S/C9H11Cl2PS3/c1-6(12(13,14)15)4-7-2-3-8(10)9(11)5-7/h2-3,5-6H,4H2,1H3,(H2,13,14,15)/t6-/m0/s1. The Balaban J connectivity index is 2.82. The van der Waals surface area contributed by atoms with Crippen LogP contribution in [-0.4, -0.2) is 5.66 Å². The van der Waals surface area contributed by atoms with Crippen molar-refractivity contribution < 1.29 is 0 Å². The SMILES string of the molecule is C[C@@H](Cc1ccc(Cl)c(Cl)c1)P(=S)(S)S. The van der Waals surface area contributed by atoms with Gasteiger partial charge in [0.2, 0.25) is 0 Å². The van der Waals surface area contributed by atoms with Gasteiger partial charge in [-0.3, -0.25) is 0 Å². The molecule has 1 aromatic carbocycles. The molecule has 1 rings (SSSR count). The van der Waals surface area contributed by atoms with E-state index >= 15 is 0 Å². The van der Waals surface area contributed by atoms with Crippen molar-refractivity contribution in [1.82, 2.24) is 0 Å². The van der Waals surface area contributed by atoms with Crippen LogP contribution in [0.4, 0.5) is 0 Å². The van der Waals surface area contributed by atoms with Crippen molar-refractivity contribution >= 4 is 63.9 Å². The zero-order valence-corrected chi connectivity index (χ0v) is 13.0. The predicted octanol–water partition coefficient (Wildman–Crippen LogP) is 5.09. The van der Waals surface area contributed by atoms with Gasteiger partial charge < -0.3 is 0 Å². The van der Waals surface area contributed by atoms with E-state index in [0.717, 1.165) is 12.0 Å². The summed E-state index contributed by atoms with van der Waals surface area (Å²) in [7, 11) is 0. The molecule has 0 N–H and O–H groups in total. The quantitative estimate of drug-likeness (QED) is 0.578. The number of benzene rings is 1. The van der Waals surface area contributed by atoms with Crippen LogP contribution in [0.2, 0.25) is 10.0 Å². The number of thiol groups is 2. The highest BCUT2D eigenvalue weighted by molar-refractivity contribution is 8.92. The van der Waals surface area contributed by atoms with Crippen LogP contribution in [0, 0.1) is 0 Å². The van der Waals surface area contributed by atoms with Crippen molar-refractivity contribution in [2.45, 2.75) is 19.0 Å². The molecule has 15 heavy (non-hydrogen) atoms. The second-order valence-corrected chi connectivity index (χ2v) is 14.3. The van der Waals surface area contributed by atoms with Gasteiger partial charge in [0.1, 0.15) is 0 Å². The third-order valence-corrected chi connectivity index (χ3v) is 7.60. The first kappa shape index (κ1) is 14.2. The summed E-state index contributed by atoms with van der Waals surface area (Å²) in [5, 5.41) is 1.15. The van der Waals surface area contributed by atoms with Crippen LogP contribution in [-0.2, 0) is 18.2 Å². The summed E-state index contributed by atoms with van der Waals surface area (Å²) in [4.78, 5) is 0. The minimum Gasteiger partial charge on any atom is -0.131 e. The Morgan fingerprint density at radius 2 is 1.93 bits per heavy atom. The molecule has 0 aliphatic heterocycles. The molecule has 0 aliphatic rings. The fourth-order valence-corrected chi connectivity index (χ4v) is 2.61.